The highest BCUT2D eigenvalue weighted by Gasteiger charge is 2.07. The number of nitrogens with zero attached hydrogens (tertiary/aromatic N) is 4. The first-order valence-corrected chi connectivity index (χ1v) is 7.93. The van der Waals surface area contributed by atoms with Crippen molar-refractivity contribution in [3.05, 3.63) is 29.0 Å². The normalized spacial score (nSPS) is 10.9. The van der Waals surface area contributed by atoms with Gasteiger partial charge in [-0.1, -0.05) is 0 Å². The molecule has 20 heavy (non-hydrogen) atoms. The molecule has 0 radical (unpaired) electrons. The van der Waals surface area contributed by atoms with Gasteiger partial charge in [0.1, 0.15) is 0 Å². The highest BCUT2D eigenvalue weighted by molar-refractivity contribution is 7.15. The summed E-state index contributed by atoms with van der Waals surface area (Å²) in [6.07, 6.45) is 4.92. The van der Waals surface area contributed by atoms with E-state index in [0.717, 1.165) is 43.4 Å². The minimum atomic E-state index is 0.881. The molecule has 0 unspecified atom stereocenters. The van der Waals surface area contributed by atoms with Gasteiger partial charge in [0.05, 0.1) is 5.69 Å². The highest BCUT2D eigenvalue weighted by Crippen LogP contribution is 2.21. The van der Waals surface area contributed by atoms with E-state index in [1.54, 1.807) is 11.3 Å². The molecule has 110 valence electrons. The summed E-state index contributed by atoms with van der Waals surface area (Å²) in [5.74, 6) is 0. The van der Waals surface area contributed by atoms with Crippen LogP contribution in [0.4, 0.5) is 5.13 Å². The predicted molar refractivity (Wildman–Crippen MR) is 84.3 cm³/mol. The van der Waals surface area contributed by atoms with Crippen molar-refractivity contribution in [3.8, 4) is 0 Å². The number of hydrogen-bond donors (Lipinski definition) is 1. The second-order valence-electron chi connectivity index (χ2n) is 4.69. The van der Waals surface area contributed by atoms with Crippen molar-refractivity contribution < 1.29 is 0 Å². The van der Waals surface area contributed by atoms with E-state index in [4.69, 9.17) is 0 Å². The van der Waals surface area contributed by atoms with Crippen LogP contribution in [0.25, 0.3) is 0 Å². The summed E-state index contributed by atoms with van der Waals surface area (Å²) in [6, 6.07) is 2.06. The maximum Gasteiger partial charge on any atom is 0.185 e. The molecule has 0 saturated heterocycles. The van der Waals surface area contributed by atoms with Crippen molar-refractivity contribution in [2.75, 3.05) is 24.5 Å². The standard InChI is InChI=1S/C14H23N5S/c1-4-19(5-2)14-16-11-13(20-14)10-15-8-6-12-7-9-18(3)17-12/h7,9,11,15H,4-6,8,10H2,1-3H3. The Morgan fingerprint density at radius 1 is 1.35 bits per heavy atom. The van der Waals surface area contributed by atoms with Gasteiger partial charge >= 0.3 is 0 Å². The lowest BCUT2D eigenvalue weighted by molar-refractivity contribution is 0.669. The number of aromatic nitrogens is 3. The molecule has 6 heteroatoms. The number of aryl methyl sites for hydroxylation is 1. The lowest BCUT2D eigenvalue weighted by atomic mass is 10.3. The zero-order valence-corrected chi connectivity index (χ0v) is 13.3. The molecule has 0 fully saturated rings. The fourth-order valence-corrected chi connectivity index (χ4v) is 3.05. The Balaban J connectivity index is 1.74. The van der Waals surface area contributed by atoms with E-state index < -0.39 is 0 Å². The van der Waals surface area contributed by atoms with E-state index in [-0.39, 0.29) is 0 Å². The molecule has 2 aromatic heterocycles. The minimum absolute atomic E-state index is 0.881. The molecule has 0 aromatic carbocycles. The van der Waals surface area contributed by atoms with Crippen LogP contribution in [0.5, 0.6) is 0 Å². The van der Waals surface area contributed by atoms with Crippen LogP contribution in [0.15, 0.2) is 18.5 Å². The smallest absolute Gasteiger partial charge is 0.185 e. The SMILES string of the molecule is CCN(CC)c1ncc(CNCCc2ccn(C)n2)s1. The van der Waals surface area contributed by atoms with Gasteiger partial charge in [-0.05, 0) is 19.9 Å². The van der Waals surface area contributed by atoms with Crippen LogP contribution in [-0.4, -0.2) is 34.4 Å². The minimum Gasteiger partial charge on any atom is -0.349 e. The lowest BCUT2D eigenvalue weighted by Gasteiger charge is -2.16. The van der Waals surface area contributed by atoms with E-state index in [1.807, 2.05) is 24.1 Å². The molecule has 0 spiro atoms. The number of thiazole rings is 1. The van der Waals surface area contributed by atoms with E-state index in [2.05, 4.69) is 40.2 Å². The van der Waals surface area contributed by atoms with Crippen molar-refractivity contribution in [3.63, 3.8) is 0 Å². The van der Waals surface area contributed by atoms with Crippen LogP contribution >= 0.6 is 11.3 Å². The third kappa shape index (κ3) is 4.05. The van der Waals surface area contributed by atoms with Crippen LogP contribution in [0.2, 0.25) is 0 Å². The Bertz CT molecular complexity index is 515. The summed E-state index contributed by atoms with van der Waals surface area (Å²) in [5.41, 5.74) is 1.13. The molecule has 5 nitrogen and oxygen atoms in total. The van der Waals surface area contributed by atoms with Crippen LogP contribution in [0.3, 0.4) is 0 Å². The van der Waals surface area contributed by atoms with Crippen LogP contribution in [0.1, 0.15) is 24.4 Å². The molecule has 0 amide bonds. The third-order valence-corrected chi connectivity index (χ3v) is 4.26. The average Bonchev–Trinajstić information content (AvgIpc) is 3.06. The first-order valence-electron chi connectivity index (χ1n) is 7.11. The first kappa shape index (κ1) is 15.0. The van der Waals surface area contributed by atoms with E-state index in [0.29, 0.717) is 0 Å². The van der Waals surface area contributed by atoms with Crippen molar-refractivity contribution in [2.24, 2.45) is 7.05 Å². The highest BCUT2D eigenvalue weighted by atomic mass is 32.1. The predicted octanol–water partition coefficient (Wildman–Crippen LogP) is 2.06. The van der Waals surface area contributed by atoms with Crippen molar-refractivity contribution in [1.29, 1.82) is 0 Å². The molecule has 0 saturated carbocycles. The molecule has 2 heterocycles. The van der Waals surface area contributed by atoms with Gasteiger partial charge in [0.25, 0.3) is 0 Å². The molecule has 0 atom stereocenters. The Morgan fingerprint density at radius 2 is 2.15 bits per heavy atom. The molecule has 0 bridgehead atoms. The largest absolute Gasteiger partial charge is 0.349 e. The van der Waals surface area contributed by atoms with Gasteiger partial charge in [-0.3, -0.25) is 4.68 Å². The van der Waals surface area contributed by atoms with Crippen molar-refractivity contribution >= 4 is 16.5 Å². The quantitative estimate of drug-likeness (QED) is 0.757. The first-order chi connectivity index (χ1) is 9.72. The van der Waals surface area contributed by atoms with Gasteiger partial charge in [-0.15, -0.1) is 11.3 Å². The number of anilines is 1. The summed E-state index contributed by atoms with van der Waals surface area (Å²) < 4.78 is 1.84. The zero-order chi connectivity index (χ0) is 14.4. The fourth-order valence-electron chi connectivity index (χ4n) is 2.04. The molecule has 2 aromatic rings. The number of hydrogen-bond acceptors (Lipinski definition) is 5. The van der Waals surface area contributed by atoms with Crippen LogP contribution < -0.4 is 10.2 Å². The van der Waals surface area contributed by atoms with E-state index in [1.165, 1.54) is 4.88 Å². The van der Waals surface area contributed by atoms with E-state index in [9.17, 15) is 0 Å². The summed E-state index contributed by atoms with van der Waals surface area (Å²) in [4.78, 5) is 8.05. The fraction of sp³-hybridized carbons (Fsp3) is 0.571. The Labute approximate surface area is 124 Å². The summed E-state index contributed by atoms with van der Waals surface area (Å²) >= 11 is 1.77. The molecular formula is C14H23N5S. The summed E-state index contributed by atoms with van der Waals surface area (Å²) in [5, 5.41) is 8.94. The molecule has 0 aliphatic rings. The molecule has 0 aliphatic carbocycles. The van der Waals surface area contributed by atoms with Crippen molar-refractivity contribution in [1.82, 2.24) is 20.1 Å². The summed E-state index contributed by atoms with van der Waals surface area (Å²) in [7, 11) is 1.95. The van der Waals surface area contributed by atoms with Crippen LogP contribution in [0, 0.1) is 0 Å². The average molecular weight is 293 g/mol. The summed E-state index contributed by atoms with van der Waals surface area (Å²) in [6.45, 7) is 8.17. The monoisotopic (exact) mass is 293 g/mol. The van der Waals surface area contributed by atoms with Gasteiger partial charge in [-0.2, -0.15) is 5.10 Å². The second kappa shape index (κ2) is 7.40. The Hall–Kier alpha value is -1.40. The molecule has 1 N–H and O–H groups in total. The lowest BCUT2D eigenvalue weighted by Crippen LogP contribution is -2.21. The van der Waals surface area contributed by atoms with Crippen LogP contribution in [-0.2, 0) is 20.0 Å². The molecule has 0 aliphatic heterocycles. The topological polar surface area (TPSA) is 46.0 Å². The van der Waals surface area contributed by atoms with E-state index >= 15 is 0 Å². The van der Waals surface area contributed by atoms with Gasteiger partial charge in [0.2, 0.25) is 0 Å². The number of nitrogens with one attached hydrogen (secondary N) is 1. The van der Waals surface area contributed by atoms with Crippen molar-refractivity contribution in [2.45, 2.75) is 26.8 Å². The van der Waals surface area contributed by atoms with Gasteiger partial charge in [0.15, 0.2) is 5.13 Å². The van der Waals surface area contributed by atoms with Gasteiger partial charge in [-0.25, -0.2) is 4.98 Å². The van der Waals surface area contributed by atoms with Gasteiger partial charge < -0.3 is 10.2 Å². The Morgan fingerprint density at radius 3 is 2.80 bits per heavy atom. The second-order valence-corrected chi connectivity index (χ2v) is 5.78. The molecular weight excluding hydrogens is 270 g/mol. The number of rotatable bonds is 8. The maximum absolute atomic E-state index is 4.49. The third-order valence-electron chi connectivity index (χ3n) is 3.20. The maximum atomic E-state index is 4.49. The zero-order valence-electron chi connectivity index (χ0n) is 12.5. The molecule has 2 rings (SSSR count). The van der Waals surface area contributed by atoms with Gasteiger partial charge in [0, 0.05) is 56.9 Å². The Kier molecular flexibility index (Phi) is 5.55.